The molecule has 1 aromatic carbocycles. The molecule has 82 valence electrons. The average Bonchev–Trinajstić information content (AvgIpc) is 2.15. The summed E-state index contributed by atoms with van der Waals surface area (Å²) in [7, 11) is 0. The van der Waals surface area contributed by atoms with E-state index in [0.717, 1.165) is 15.8 Å². The van der Waals surface area contributed by atoms with Crippen LogP contribution in [0, 0.1) is 0 Å². The molecule has 0 unspecified atom stereocenters. The van der Waals surface area contributed by atoms with Crippen LogP contribution in [-0.2, 0) is 5.75 Å². The van der Waals surface area contributed by atoms with Gasteiger partial charge in [0.15, 0.2) is 0 Å². The molecule has 0 aromatic heterocycles. The van der Waals surface area contributed by atoms with Gasteiger partial charge in [-0.15, -0.1) is 0 Å². The van der Waals surface area contributed by atoms with Crippen molar-refractivity contribution in [2.75, 3.05) is 0 Å². The molecule has 0 atom stereocenters. The molecule has 1 aromatic rings. The van der Waals surface area contributed by atoms with Gasteiger partial charge in [-0.1, -0.05) is 35.8 Å². The molecule has 2 nitrogen and oxygen atoms in total. The Kier molecular flexibility index (Phi) is 4.67. The van der Waals surface area contributed by atoms with Gasteiger partial charge in [0.2, 0.25) is 0 Å². The Bertz CT molecular complexity index is 364. The first-order valence-electron chi connectivity index (χ1n) is 4.64. The van der Waals surface area contributed by atoms with Gasteiger partial charge in [-0.2, -0.15) is 11.8 Å². The molecule has 0 spiro atoms. The van der Waals surface area contributed by atoms with Crippen LogP contribution in [0.2, 0.25) is 0 Å². The van der Waals surface area contributed by atoms with Crippen molar-refractivity contribution in [1.29, 1.82) is 0 Å². The zero-order valence-corrected chi connectivity index (χ0v) is 11.1. The Hall–Kier alpha value is -0.480. The van der Waals surface area contributed by atoms with Crippen LogP contribution < -0.4 is 0 Å². The Balaban J connectivity index is 2.79. The fourth-order valence-electron chi connectivity index (χ4n) is 1.05. The third-order valence-electron chi connectivity index (χ3n) is 1.87. The van der Waals surface area contributed by atoms with Crippen molar-refractivity contribution in [1.82, 2.24) is 0 Å². The summed E-state index contributed by atoms with van der Waals surface area (Å²) >= 11 is 5.22. The van der Waals surface area contributed by atoms with Crippen molar-refractivity contribution >= 4 is 33.7 Å². The standard InChI is InChI=1S/C11H13BrO2S/c1-7(2)15-6-9-4-3-8(11(13)14)5-10(9)12/h3-5,7H,6H2,1-2H3,(H,13,14). The lowest BCUT2D eigenvalue weighted by Crippen LogP contribution is -1.97. The highest BCUT2D eigenvalue weighted by molar-refractivity contribution is 9.10. The predicted molar refractivity (Wildman–Crippen MR) is 67.5 cm³/mol. The number of carboxylic acids is 1. The summed E-state index contributed by atoms with van der Waals surface area (Å²) in [6, 6.07) is 5.16. The van der Waals surface area contributed by atoms with Gasteiger partial charge >= 0.3 is 5.97 Å². The van der Waals surface area contributed by atoms with Gasteiger partial charge in [-0.25, -0.2) is 4.79 Å². The topological polar surface area (TPSA) is 37.3 Å². The smallest absolute Gasteiger partial charge is 0.335 e. The number of halogens is 1. The fourth-order valence-corrected chi connectivity index (χ4v) is 2.52. The number of aromatic carboxylic acids is 1. The molecule has 0 bridgehead atoms. The first-order chi connectivity index (χ1) is 7.00. The van der Waals surface area contributed by atoms with Crippen molar-refractivity contribution in [2.24, 2.45) is 0 Å². The second-order valence-electron chi connectivity index (χ2n) is 3.47. The minimum atomic E-state index is -0.890. The van der Waals surface area contributed by atoms with Gasteiger partial charge < -0.3 is 5.11 Å². The third kappa shape index (κ3) is 3.87. The molecule has 0 fully saturated rings. The number of hydrogen-bond donors (Lipinski definition) is 1. The Morgan fingerprint density at radius 2 is 2.20 bits per heavy atom. The lowest BCUT2D eigenvalue weighted by molar-refractivity contribution is 0.0697. The summed E-state index contributed by atoms with van der Waals surface area (Å²) in [4.78, 5) is 10.7. The fraction of sp³-hybridized carbons (Fsp3) is 0.364. The Morgan fingerprint density at radius 3 is 2.67 bits per heavy atom. The molecule has 4 heteroatoms. The lowest BCUT2D eigenvalue weighted by atomic mass is 10.1. The summed E-state index contributed by atoms with van der Waals surface area (Å²) in [6.07, 6.45) is 0. The van der Waals surface area contributed by atoms with Crippen molar-refractivity contribution < 1.29 is 9.90 Å². The van der Waals surface area contributed by atoms with Gasteiger partial charge in [0, 0.05) is 10.2 Å². The maximum absolute atomic E-state index is 10.7. The molecule has 15 heavy (non-hydrogen) atoms. The van der Waals surface area contributed by atoms with Crippen LogP contribution in [0.4, 0.5) is 0 Å². The maximum atomic E-state index is 10.7. The monoisotopic (exact) mass is 288 g/mol. The summed E-state index contributed by atoms with van der Waals surface area (Å²) in [6.45, 7) is 4.29. The first kappa shape index (κ1) is 12.6. The largest absolute Gasteiger partial charge is 0.478 e. The van der Waals surface area contributed by atoms with Crippen LogP contribution in [0.15, 0.2) is 22.7 Å². The molecule has 0 aliphatic rings. The molecule has 0 amide bonds. The SMILES string of the molecule is CC(C)SCc1ccc(C(=O)O)cc1Br. The molecule has 0 heterocycles. The highest BCUT2D eigenvalue weighted by Crippen LogP contribution is 2.25. The molecule has 0 aliphatic carbocycles. The molecule has 0 saturated heterocycles. The second kappa shape index (κ2) is 5.56. The van der Waals surface area contributed by atoms with Gasteiger partial charge in [0.05, 0.1) is 5.56 Å². The van der Waals surface area contributed by atoms with Gasteiger partial charge in [-0.05, 0) is 22.9 Å². The summed E-state index contributed by atoms with van der Waals surface area (Å²) < 4.78 is 0.871. The van der Waals surface area contributed by atoms with Crippen LogP contribution in [0.5, 0.6) is 0 Å². The second-order valence-corrected chi connectivity index (χ2v) is 5.89. The van der Waals surface area contributed by atoms with E-state index in [2.05, 4.69) is 29.8 Å². The van der Waals surface area contributed by atoms with E-state index in [1.807, 2.05) is 17.8 Å². The zero-order chi connectivity index (χ0) is 11.4. The van der Waals surface area contributed by atoms with Gasteiger partial charge in [-0.3, -0.25) is 0 Å². The highest BCUT2D eigenvalue weighted by Gasteiger charge is 2.07. The van der Waals surface area contributed by atoms with Crippen LogP contribution >= 0.6 is 27.7 Å². The quantitative estimate of drug-likeness (QED) is 0.916. The number of carbonyl (C=O) groups is 1. The average molecular weight is 289 g/mol. The minimum absolute atomic E-state index is 0.320. The normalized spacial score (nSPS) is 10.7. The molecule has 0 aliphatic heterocycles. The summed E-state index contributed by atoms with van der Waals surface area (Å²) in [5, 5.41) is 9.37. The van der Waals surface area contributed by atoms with Crippen molar-refractivity contribution in [3.8, 4) is 0 Å². The van der Waals surface area contributed by atoms with E-state index in [1.165, 1.54) is 0 Å². The molecule has 0 saturated carbocycles. The lowest BCUT2D eigenvalue weighted by Gasteiger charge is -2.07. The van der Waals surface area contributed by atoms with Gasteiger partial charge in [0.1, 0.15) is 0 Å². The molecular weight excluding hydrogens is 276 g/mol. The number of rotatable bonds is 4. The highest BCUT2D eigenvalue weighted by atomic mass is 79.9. The first-order valence-corrected chi connectivity index (χ1v) is 6.48. The van der Waals surface area contributed by atoms with Crippen LogP contribution in [-0.4, -0.2) is 16.3 Å². The number of thioether (sulfide) groups is 1. The Labute approximate surface area is 102 Å². The summed E-state index contributed by atoms with van der Waals surface area (Å²) in [5.74, 6) is 0.0109. The molecule has 1 rings (SSSR count). The van der Waals surface area contributed by atoms with Crippen molar-refractivity contribution in [2.45, 2.75) is 24.9 Å². The van der Waals surface area contributed by atoms with Crippen LogP contribution in [0.3, 0.4) is 0 Å². The van der Waals surface area contributed by atoms with E-state index >= 15 is 0 Å². The maximum Gasteiger partial charge on any atom is 0.335 e. The minimum Gasteiger partial charge on any atom is -0.478 e. The van der Waals surface area contributed by atoms with Crippen molar-refractivity contribution in [3.63, 3.8) is 0 Å². The molecular formula is C11H13BrO2S. The van der Waals surface area contributed by atoms with Crippen LogP contribution in [0.25, 0.3) is 0 Å². The predicted octanol–water partition coefficient (Wildman–Crippen LogP) is 3.79. The third-order valence-corrected chi connectivity index (χ3v) is 3.75. The van der Waals surface area contributed by atoms with E-state index in [0.29, 0.717) is 10.8 Å². The van der Waals surface area contributed by atoms with Crippen molar-refractivity contribution in [3.05, 3.63) is 33.8 Å². The van der Waals surface area contributed by atoms with E-state index in [-0.39, 0.29) is 0 Å². The molecule has 1 N–H and O–H groups in total. The van der Waals surface area contributed by atoms with E-state index < -0.39 is 5.97 Å². The summed E-state index contributed by atoms with van der Waals surface area (Å²) in [5.41, 5.74) is 1.46. The van der Waals surface area contributed by atoms with E-state index in [4.69, 9.17) is 5.11 Å². The van der Waals surface area contributed by atoms with Gasteiger partial charge in [0.25, 0.3) is 0 Å². The number of benzene rings is 1. The Morgan fingerprint density at radius 1 is 1.53 bits per heavy atom. The molecule has 0 radical (unpaired) electrons. The van der Waals surface area contributed by atoms with Crippen LogP contribution in [0.1, 0.15) is 29.8 Å². The van der Waals surface area contributed by atoms with E-state index in [9.17, 15) is 4.79 Å². The number of carboxylic acid groups (broad SMARTS) is 1. The zero-order valence-electron chi connectivity index (χ0n) is 8.66. The number of hydrogen-bond acceptors (Lipinski definition) is 2. The van der Waals surface area contributed by atoms with E-state index in [1.54, 1.807) is 12.1 Å².